The smallest absolute Gasteiger partial charge is 0.160 e. The summed E-state index contributed by atoms with van der Waals surface area (Å²) in [6.07, 6.45) is 2.19. The third-order valence-corrected chi connectivity index (χ3v) is 3.52. The SMILES string of the molecule is CNc1nc(C2CC2)nc(Nc2ccc(F)c(F)c2)c1C. The van der Waals surface area contributed by atoms with E-state index in [1.54, 1.807) is 7.05 Å². The predicted molar refractivity (Wildman–Crippen MR) is 77.9 cm³/mol. The molecular weight excluding hydrogens is 274 g/mol. The molecule has 0 atom stereocenters. The molecule has 2 N–H and O–H groups in total. The summed E-state index contributed by atoms with van der Waals surface area (Å²) >= 11 is 0. The zero-order chi connectivity index (χ0) is 15.0. The molecule has 3 rings (SSSR count). The number of nitrogens with one attached hydrogen (secondary N) is 2. The summed E-state index contributed by atoms with van der Waals surface area (Å²) < 4.78 is 26.3. The largest absolute Gasteiger partial charge is 0.373 e. The number of halogens is 2. The van der Waals surface area contributed by atoms with Gasteiger partial charge in [-0.1, -0.05) is 0 Å². The number of benzene rings is 1. The fraction of sp³-hybridized carbons (Fsp3) is 0.333. The number of anilines is 3. The van der Waals surface area contributed by atoms with Crippen molar-refractivity contribution in [3.8, 4) is 0 Å². The van der Waals surface area contributed by atoms with Crippen LogP contribution in [0.3, 0.4) is 0 Å². The van der Waals surface area contributed by atoms with E-state index in [1.807, 2.05) is 6.92 Å². The van der Waals surface area contributed by atoms with Crippen LogP contribution in [0.1, 0.15) is 30.1 Å². The first-order chi connectivity index (χ1) is 10.1. The van der Waals surface area contributed by atoms with Crippen molar-refractivity contribution in [1.82, 2.24) is 9.97 Å². The topological polar surface area (TPSA) is 49.8 Å². The molecule has 0 spiro atoms. The highest BCUT2D eigenvalue weighted by molar-refractivity contribution is 5.64. The van der Waals surface area contributed by atoms with E-state index in [0.29, 0.717) is 17.4 Å². The molecule has 0 radical (unpaired) electrons. The van der Waals surface area contributed by atoms with Gasteiger partial charge in [0.1, 0.15) is 17.5 Å². The lowest BCUT2D eigenvalue weighted by atomic mass is 10.2. The van der Waals surface area contributed by atoms with Crippen molar-refractivity contribution in [2.45, 2.75) is 25.7 Å². The van der Waals surface area contributed by atoms with Gasteiger partial charge in [-0.25, -0.2) is 18.7 Å². The van der Waals surface area contributed by atoms with Gasteiger partial charge in [-0.05, 0) is 31.9 Å². The number of hydrogen-bond donors (Lipinski definition) is 2. The Morgan fingerprint density at radius 2 is 1.81 bits per heavy atom. The Labute approximate surface area is 121 Å². The third-order valence-electron chi connectivity index (χ3n) is 3.52. The highest BCUT2D eigenvalue weighted by Gasteiger charge is 2.28. The van der Waals surface area contributed by atoms with Crippen LogP contribution in [0.5, 0.6) is 0 Å². The van der Waals surface area contributed by atoms with Gasteiger partial charge in [-0.2, -0.15) is 0 Å². The minimum atomic E-state index is -0.886. The molecule has 6 heteroatoms. The molecule has 21 heavy (non-hydrogen) atoms. The molecule has 0 aliphatic heterocycles. The van der Waals surface area contributed by atoms with E-state index in [-0.39, 0.29) is 0 Å². The quantitative estimate of drug-likeness (QED) is 0.901. The summed E-state index contributed by atoms with van der Waals surface area (Å²) in [4.78, 5) is 9.00. The van der Waals surface area contributed by atoms with Crippen LogP contribution >= 0.6 is 0 Å². The molecule has 1 aliphatic rings. The Balaban J connectivity index is 1.96. The van der Waals surface area contributed by atoms with Gasteiger partial charge in [0.05, 0.1) is 0 Å². The van der Waals surface area contributed by atoms with Crippen LogP contribution in [0.15, 0.2) is 18.2 Å². The monoisotopic (exact) mass is 290 g/mol. The normalized spacial score (nSPS) is 14.1. The zero-order valence-electron chi connectivity index (χ0n) is 11.9. The van der Waals surface area contributed by atoms with Crippen LogP contribution in [0, 0.1) is 18.6 Å². The van der Waals surface area contributed by atoms with Crippen molar-refractivity contribution >= 4 is 17.3 Å². The molecule has 0 amide bonds. The van der Waals surface area contributed by atoms with Gasteiger partial charge in [0.15, 0.2) is 11.6 Å². The molecule has 2 aromatic rings. The Morgan fingerprint density at radius 3 is 2.43 bits per heavy atom. The van der Waals surface area contributed by atoms with Gasteiger partial charge in [0.2, 0.25) is 0 Å². The van der Waals surface area contributed by atoms with Crippen molar-refractivity contribution in [2.75, 3.05) is 17.7 Å². The second kappa shape index (κ2) is 5.27. The number of nitrogens with zero attached hydrogens (tertiary/aromatic N) is 2. The maximum atomic E-state index is 13.3. The van der Waals surface area contributed by atoms with Gasteiger partial charge >= 0.3 is 0 Å². The average molecular weight is 290 g/mol. The summed E-state index contributed by atoms with van der Waals surface area (Å²) in [5.41, 5.74) is 1.30. The van der Waals surface area contributed by atoms with Gasteiger partial charge in [-0.15, -0.1) is 0 Å². The van der Waals surface area contributed by atoms with Crippen LogP contribution in [0.2, 0.25) is 0 Å². The number of hydrogen-bond acceptors (Lipinski definition) is 4. The van der Waals surface area contributed by atoms with Crippen LogP contribution in [-0.4, -0.2) is 17.0 Å². The van der Waals surface area contributed by atoms with E-state index < -0.39 is 11.6 Å². The molecule has 1 aliphatic carbocycles. The number of rotatable bonds is 4. The Hall–Kier alpha value is -2.24. The Kier molecular flexibility index (Phi) is 3.45. The molecule has 0 bridgehead atoms. The molecule has 4 nitrogen and oxygen atoms in total. The van der Waals surface area contributed by atoms with Gasteiger partial charge in [-0.3, -0.25) is 0 Å². The van der Waals surface area contributed by atoms with E-state index in [1.165, 1.54) is 6.07 Å². The fourth-order valence-electron chi connectivity index (χ4n) is 2.13. The van der Waals surface area contributed by atoms with E-state index in [4.69, 9.17) is 0 Å². The predicted octanol–water partition coefficient (Wildman–Crippen LogP) is 3.73. The maximum absolute atomic E-state index is 13.3. The first-order valence-corrected chi connectivity index (χ1v) is 6.87. The second-order valence-corrected chi connectivity index (χ2v) is 5.18. The second-order valence-electron chi connectivity index (χ2n) is 5.18. The van der Waals surface area contributed by atoms with Crippen LogP contribution in [-0.2, 0) is 0 Å². The first kappa shape index (κ1) is 13.7. The van der Waals surface area contributed by atoms with Gasteiger partial charge in [0, 0.05) is 30.3 Å². The Morgan fingerprint density at radius 1 is 1.10 bits per heavy atom. The summed E-state index contributed by atoms with van der Waals surface area (Å²) in [6, 6.07) is 3.69. The van der Waals surface area contributed by atoms with E-state index in [9.17, 15) is 8.78 Å². The van der Waals surface area contributed by atoms with Crippen LogP contribution < -0.4 is 10.6 Å². The summed E-state index contributed by atoms with van der Waals surface area (Å²) in [7, 11) is 1.80. The Bertz CT molecular complexity index is 684. The van der Waals surface area contributed by atoms with E-state index in [0.717, 1.165) is 42.2 Å². The van der Waals surface area contributed by atoms with Crippen molar-refractivity contribution in [1.29, 1.82) is 0 Å². The van der Waals surface area contributed by atoms with Crippen LogP contribution in [0.4, 0.5) is 26.1 Å². The minimum Gasteiger partial charge on any atom is -0.373 e. The highest BCUT2D eigenvalue weighted by atomic mass is 19.2. The molecule has 110 valence electrons. The lowest BCUT2D eigenvalue weighted by Crippen LogP contribution is -2.07. The van der Waals surface area contributed by atoms with Crippen LogP contribution in [0.25, 0.3) is 0 Å². The highest BCUT2D eigenvalue weighted by Crippen LogP contribution is 2.39. The van der Waals surface area contributed by atoms with Crippen molar-refractivity contribution in [3.05, 3.63) is 41.2 Å². The van der Waals surface area contributed by atoms with Crippen molar-refractivity contribution < 1.29 is 8.78 Å². The van der Waals surface area contributed by atoms with Gasteiger partial charge in [0.25, 0.3) is 0 Å². The summed E-state index contributed by atoms with van der Waals surface area (Å²) in [5.74, 6) is 0.801. The van der Waals surface area contributed by atoms with Crippen molar-refractivity contribution in [3.63, 3.8) is 0 Å². The minimum absolute atomic E-state index is 0.406. The maximum Gasteiger partial charge on any atom is 0.160 e. The zero-order valence-corrected chi connectivity index (χ0v) is 11.9. The molecule has 0 unspecified atom stereocenters. The molecular formula is C15H16F2N4. The summed E-state index contributed by atoms with van der Waals surface area (Å²) in [5, 5.41) is 6.08. The van der Waals surface area contributed by atoms with Crippen molar-refractivity contribution in [2.24, 2.45) is 0 Å². The molecule has 1 fully saturated rings. The van der Waals surface area contributed by atoms with Gasteiger partial charge < -0.3 is 10.6 Å². The molecule has 1 heterocycles. The van der Waals surface area contributed by atoms with E-state index >= 15 is 0 Å². The standard InChI is InChI=1S/C15H16F2N4/c1-8-13(18-2)20-15(9-3-4-9)21-14(8)19-10-5-6-11(16)12(17)7-10/h5-7,9H,3-4H2,1-2H3,(H2,18,19,20,21). The third kappa shape index (κ3) is 2.79. The average Bonchev–Trinajstić information content (AvgIpc) is 3.29. The van der Waals surface area contributed by atoms with E-state index in [2.05, 4.69) is 20.6 Å². The fourth-order valence-corrected chi connectivity index (χ4v) is 2.13. The molecule has 0 saturated heterocycles. The lowest BCUT2D eigenvalue weighted by Gasteiger charge is -2.13. The lowest BCUT2D eigenvalue weighted by molar-refractivity contribution is 0.509. The molecule has 1 saturated carbocycles. The summed E-state index contributed by atoms with van der Waals surface area (Å²) in [6.45, 7) is 1.88. The first-order valence-electron chi connectivity index (χ1n) is 6.87. The number of aromatic nitrogens is 2. The molecule has 1 aromatic carbocycles. The molecule has 1 aromatic heterocycles.